The van der Waals surface area contributed by atoms with Crippen molar-refractivity contribution in [2.45, 2.75) is 59.5 Å². The molecule has 1 aliphatic rings. The van der Waals surface area contributed by atoms with Crippen LogP contribution in [0.5, 0.6) is 0 Å². The minimum atomic E-state index is -0.203. The van der Waals surface area contributed by atoms with Crippen LogP contribution in [0.25, 0.3) is 11.0 Å². The molecule has 2 aromatic heterocycles. The van der Waals surface area contributed by atoms with E-state index in [0.29, 0.717) is 41.6 Å². The van der Waals surface area contributed by atoms with Crippen LogP contribution < -0.4 is 11.0 Å². The van der Waals surface area contributed by atoms with Crippen LogP contribution in [0.1, 0.15) is 54.5 Å². The fourth-order valence-electron chi connectivity index (χ4n) is 3.98. The Morgan fingerprint density at radius 1 is 1.21 bits per heavy atom. The van der Waals surface area contributed by atoms with Gasteiger partial charge in [0, 0.05) is 37.0 Å². The van der Waals surface area contributed by atoms with Gasteiger partial charge in [-0.05, 0) is 31.0 Å². The molecule has 1 aromatic carbocycles. The number of benzene rings is 1. The van der Waals surface area contributed by atoms with Gasteiger partial charge in [-0.1, -0.05) is 26.8 Å². The predicted molar refractivity (Wildman–Crippen MR) is 113 cm³/mol. The Hall–Kier alpha value is -2.73. The highest BCUT2D eigenvalue weighted by Gasteiger charge is 2.25. The van der Waals surface area contributed by atoms with Crippen LogP contribution in [0.15, 0.2) is 32.4 Å². The van der Waals surface area contributed by atoms with Gasteiger partial charge in [0.05, 0.1) is 22.9 Å². The van der Waals surface area contributed by atoms with Crippen molar-refractivity contribution in [3.8, 4) is 0 Å². The Morgan fingerprint density at radius 3 is 2.69 bits per heavy atom. The molecule has 152 valence electrons. The minimum Gasteiger partial charge on any atom is -0.464 e. The van der Waals surface area contributed by atoms with E-state index in [1.54, 1.807) is 6.26 Å². The van der Waals surface area contributed by atoms with Crippen molar-refractivity contribution in [3.63, 3.8) is 0 Å². The van der Waals surface area contributed by atoms with Crippen LogP contribution in [0.2, 0.25) is 0 Å². The zero-order valence-corrected chi connectivity index (χ0v) is 17.7. The first-order valence-electron chi connectivity index (χ1n) is 10.00. The van der Waals surface area contributed by atoms with Gasteiger partial charge in [-0.3, -0.25) is 14.5 Å². The molecule has 0 saturated carbocycles. The first-order valence-corrected chi connectivity index (χ1v) is 10.00. The monoisotopic (exact) mass is 393 g/mol. The SMILES string of the molecule is Cc1cc(C)c2c(=O)c(CN3CCc4nc(C(C)(C)C)[nH]c(=O)c4C3)coc2c1. The first-order chi connectivity index (χ1) is 13.6. The molecule has 29 heavy (non-hydrogen) atoms. The van der Waals surface area contributed by atoms with Gasteiger partial charge in [-0.25, -0.2) is 4.98 Å². The van der Waals surface area contributed by atoms with Gasteiger partial charge in [0.1, 0.15) is 11.4 Å². The third-order valence-electron chi connectivity index (χ3n) is 5.54. The topological polar surface area (TPSA) is 79.2 Å². The van der Waals surface area contributed by atoms with E-state index < -0.39 is 0 Å². The molecule has 1 N–H and O–H groups in total. The van der Waals surface area contributed by atoms with Crippen LogP contribution in [0.4, 0.5) is 0 Å². The molecule has 0 unspecified atom stereocenters. The van der Waals surface area contributed by atoms with E-state index in [1.807, 2.05) is 46.8 Å². The lowest BCUT2D eigenvalue weighted by atomic mass is 9.95. The third-order valence-corrected chi connectivity index (χ3v) is 5.54. The number of aromatic amines is 1. The average molecular weight is 393 g/mol. The Morgan fingerprint density at radius 2 is 1.97 bits per heavy atom. The molecule has 0 radical (unpaired) electrons. The summed E-state index contributed by atoms with van der Waals surface area (Å²) in [5, 5.41) is 0.639. The highest BCUT2D eigenvalue weighted by Crippen LogP contribution is 2.22. The summed E-state index contributed by atoms with van der Waals surface area (Å²) in [5.74, 6) is 0.718. The minimum absolute atomic E-state index is 0.00432. The second kappa shape index (κ2) is 6.95. The Kier molecular flexibility index (Phi) is 4.69. The summed E-state index contributed by atoms with van der Waals surface area (Å²) in [5.41, 5.74) is 4.51. The van der Waals surface area contributed by atoms with Gasteiger partial charge in [0.2, 0.25) is 0 Å². The second-order valence-electron chi connectivity index (χ2n) is 9.10. The number of nitrogens with one attached hydrogen (secondary N) is 1. The smallest absolute Gasteiger partial charge is 0.255 e. The van der Waals surface area contributed by atoms with Crippen molar-refractivity contribution in [3.05, 3.63) is 72.7 Å². The Bertz CT molecular complexity index is 1210. The summed E-state index contributed by atoms with van der Waals surface area (Å²) in [6.07, 6.45) is 2.25. The Labute approximate surface area is 169 Å². The number of hydrogen-bond acceptors (Lipinski definition) is 5. The third kappa shape index (κ3) is 3.65. The number of rotatable bonds is 2. The summed E-state index contributed by atoms with van der Waals surface area (Å²) in [4.78, 5) is 35.4. The lowest BCUT2D eigenvalue weighted by molar-refractivity contribution is 0.238. The normalized spacial score (nSPS) is 14.9. The summed E-state index contributed by atoms with van der Waals surface area (Å²) >= 11 is 0. The summed E-state index contributed by atoms with van der Waals surface area (Å²) in [6, 6.07) is 3.89. The van der Waals surface area contributed by atoms with Crippen LogP contribution in [0.3, 0.4) is 0 Å². The number of hydrogen-bond donors (Lipinski definition) is 1. The second-order valence-corrected chi connectivity index (χ2v) is 9.10. The number of fused-ring (bicyclic) bond motifs is 2. The zero-order valence-electron chi connectivity index (χ0n) is 17.7. The molecule has 0 saturated heterocycles. The summed E-state index contributed by atoms with van der Waals surface area (Å²) < 4.78 is 5.77. The highest BCUT2D eigenvalue weighted by atomic mass is 16.3. The zero-order chi connectivity index (χ0) is 20.9. The van der Waals surface area contributed by atoms with Crippen molar-refractivity contribution in [2.24, 2.45) is 0 Å². The van der Waals surface area contributed by atoms with Gasteiger partial charge in [0.15, 0.2) is 5.43 Å². The lowest BCUT2D eigenvalue weighted by Gasteiger charge is -2.28. The van der Waals surface area contributed by atoms with Crippen molar-refractivity contribution in [2.75, 3.05) is 6.54 Å². The van der Waals surface area contributed by atoms with Gasteiger partial charge in [0.25, 0.3) is 5.56 Å². The molecule has 6 nitrogen and oxygen atoms in total. The maximum atomic E-state index is 13.0. The molecular formula is C23H27N3O3. The Balaban J connectivity index is 1.64. The number of H-pyrrole nitrogens is 1. The number of aromatic nitrogens is 2. The largest absolute Gasteiger partial charge is 0.464 e. The fourth-order valence-corrected chi connectivity index (χ4v) is 3.98. The molecule has 3 aromatic rings. The van der Waals surface area contributed by atoms with Gasteiger partial charge < -0.3 is 9.40 Å². The van der Waals surface area contributed by atoms with Crippen molar-refractivity contribution < 1.29 is 4.42 Å². The molecule has 0 amide bonds. The average Bonchev–Trinajstić information content (AvgIpc) is 2.63. The van der Waals surface area contributed by atoms with Crippen LogP contribution in [0, 0.1) is 13.8 Å². The standard InChI is InChI=1S/C23H27N3O3/c1-13-8-14(2)19-18(9-13)29-12-15(20(19)27)10-26-7-6-17-16(11-26)21(28)25-22(24-17)23(3,4)5/h8-9,12H,6-7,10-11H2,1-5H3,(H,24,25,28). The van der Waals surface area contributed by atoms with E-state index in [9.17, 15) is 9.59 Å². The van der Waals surface area contributed by atoms with E-state index in [-0.39, 0.29) is 16.4 Å². The molecular weight excluding hydrogens is 366 g/mol. The van der Waals surface area contributed by atoms with Crippen LogP contribution in [-0.2, 0) is 24.9 Å². The van der Waals surface area contributed by atoms with Crippen LogP contribution >= 0.6 is 0 Å². The molecule has 1 aliphatic heterocycles. The first kappa shape index (κ1) is 19.6. The van der Waals surface area contributed by atoms with Crippen molar-refractivity contribution in [1.29, 1.82) is 0 Å². The lowest BCUT2D eigenvalue weighted by Crippen LogP contribution is -2.37. The van der Waals surface area contributed by atoms with E-state index >= 15 is 0 Å². The molecule has 6 heteroatoms. The van der Waals surface area contributed by atoms with Crippen molar-refractivity contribution in [1.82, 2.24) is 14.9 Å². The highest BCUT2D eigenvalue weighted by molar-refractivity contribution is 5.81. The molecule has 0 aliphatic carbocycles. The maximum absolute atomic E-state index is 13.0. The molecule has 3 heterocycles. The van der Waals surface area contributed by atoms with Gasteiger partial charge >= 0.3 is 0 Å². The van der Waals surface area contributed by atoms with Gasteiger partial charge in [-0.2, -0.15) is 0 Å². The summed E-state index contributed by atoms with van der Waals surface area (Å²) in [7, 11) is 0. The quantitative estimate of drug-likeness (QED) is 0.722. The van der Waals surface area contributed by atoms with Gasteiger partial charge in [-0.15, -0.1) is 0 Å². The van der Waals surface area contributed by atoms with Crippen LogP contribution in [-0.4, -0.2) is 21.4 Å². The number of nitrogens with zero attached hydrogens (tertiary/aromatic N) is 2. The van der Waals surface area contributed by atoms with E-state index in [0.717, 1.165) is 29.2 Å². The predicted octanol–water partition coefficient (Wildman–Crippen LogP) is 3.35. The summed E-state index contributed by atoms with van der Waals surface area (Å²) in [6.45, 7) is 11.7. The molecule has 0 atom stereocenters. The van der Waals surface area contributed by atoms with E-state index in [1.165, 1.54) is 0 Å². The molecule has 0 fully saturated rings. The maximum Gasteiger partial charge on any atom is 0.255 e. The molecule has 0 spiro atoms. The molecule has 0 bridgehead atoms. The number of aryl methyl sites for hydroxylation is 2. The van der Waals surface area contributed by atoms with Crippen molar-refractivity contribution >= 4 is 11.0 Å². The van der Waals surface area contributed by atoms with E-state index in [4.69, 9.17) is 9.40 Å². The fraction of sp³-hybridized carbons (Fsp3) is 0.435. The van der Waals surface area contributed by atoms with E-state index in [2.05, 4.69) is 9.88 Å². The molecule has 4 rings (SSSR count).